The smallest absolute Gasteiger partial charge is 0.156 e. The molecular weight excluding hydrogens is 400 g/mol. The molecule has 0 amide bonds. The SMILES string of the molecule is Cc1cc(Cl)n2ncnc(N3CC4(CC(N(NC5CCCC5)S(=O)[O-])C4)C3)c12. The first-order chi connectivity index (χ1) is 13.5. The first-order valence-electron chi connectivity index (χ1n) is 9.84. The highest BCUT2D eigenvalue weighted by molar-refractivity contribution is 7.76. The third-order valence-corrected chi connectivity index (χ3v) is 7.52. The maximum Gasteiger partial charge on any atom is 0.156 e. The van der Waals surface area contributed by atoms with Crippen LogP contribution in [0.15, 0.2) is 12.4 Å². The summed E-state index contributed by atoms with van der Waals surface area (Å²) >= 11 is 4.01. The van der Waals surface area contributed by atoms with E-state index >= 15 is 0 Å². The number of nitrogens with zero attached hydrogens (tertiary/aromatic N) is 5. The van der Waals surface area contributed by atoms with Gasteiger partial charge in [0.2, 0.25) is 0 Å². The lowest BCUT2D eigenvalue weighted by Crippen LogP contribution is -2.68. The Kier molecular flexibility index (Phi) is 4.63. The van der Waals surface area contributed by atoms with E-state index in [1.165, 1.54) is 23.6 Å². The normalized spacial score (nSPS) is 23.5. The Balaban J connectivity index is 1.25. The maximum atomic E-state index is 11.7. The molecule has 8 nitrogen and oxygen atoms in total. The monoisotopic (exact) mass is 423 g/mol. The number of nitrogens with one attached hydrogen (secondary N) is 1. The van der Waals surface area contributed by atoms with Gasteiger partial charge in [0.05, 0.1) is 0 Å². The zero-order valence-corrected chi connectivity index (χ0v) is 17.4. The summed E-state index contributed by atoms with van der Waals surface area (Å²) in [4.78, 5) is 6.74. The van der Waals surface area contributed by atoms with E-state index in [1.54, 1.807) is 4.52 Å². The van der Waals surface area contributed by atoms with Crippen LogP contribution in [0.5, 0.6) is 0 Å². The predicted octanol–water partition coefficient (Wildman–Crippen LogP) is 2.20. The van der Waals surface area contributed by atoms with Gasteiger partial charge in [-0.05, 0) is 44.2 Å². The number of hydrogen-bond donors (Lipinski definition) is 1. The average molecular weight is 424 g/mol. The average Bonchev–Trinajstić information content (AvgIpc) is 3.20. The van der Waals surface area contributed by atoms with Gasteiger partial charge in [0.1, 0.15) is 17.0 Å². The minimum absolute atomic E-state index is 0.0518. The predicted molar refractivity (Wildman–Crippen MR) is 107 cm³/mol. The lowest BCUT2D eigenvalue weighted by molar-refractivity contribution is -0.00792. The highest BCUT2D eigenvalue weighted by atomic mass is 35.5. The molecule has 2 aromatic heterocycles. The van der Waals surface area contributed by atoms with Crippen molar-refractivity contribution in [2.24, 2.45) is 5.41 Å². The number of rotatable bonds is 5. The summed E-state index contributed by atoms with van der Waals surface area (Å²) in [5.41, 5.74) is 5.44. The molecule has 10 heteroatoms. The van der Waals surface area contributed by atoms with Crippen molar-refractivity contribution in [3.05, 3.63) is 23.1 Å². The van der Waals surface area contributed by atoms with Crippen LogP contribution in [0.3, 0.4) is 0 Å². The second kappa shape index (κ2) is 6.91. The van der Waals surface area contributed by atoms with E-state index in [2.05, 4.69) is 20.4 Å². The Labute approximate surface area is 171 Å². The fourth-order valence-corrected chi connectivity index (χ4v) is 6.09. The summed E-state index contributed by atoms with van der Waals surface area (Å²) in [5.74, 6) is 0.904. The van der Waals surface area contributed by atoms with Gasteiger partial charge >= 0.3 is 0 Å². The van der Waals surface area contributed by atoms with Crippen molar-refractivity contribution in [3.63, 3.8) is 0 Å². The lowest BCUT2D eigenvalue weighted by atomic mass is 9.61. The molecule has 1 atom stereocenters. The molecule has 1 N–H and O–H groups in total. The van der Waals surface area contributed by atoms with E-state index in [4.69, 9.17) is 11.6 Å². The molecular formula is C18H24ClN6O2S-. The topological polar surface area (TPSA) is 88.8 Å². The van der Waals surface area contributed by atoms with E-state index < -0.39 is 11.3 Å². The Morgan fingerprint density at radius 1 is 1.36 bits per heavy atom. The Morgan fingerprint density at radius 3 is 2.75 bits per heavy atom. The number of fused-ring (bicyclic) bond motifs is 1. The molecule has 5 rings (SSSR count). The van der Waals surface area contributed by atoms with Crippen molar-refractivity contribution in [1.82, 2.24) is 24.4 Å². The van der Waals surface area contributed by atoms with Gasteiger partial charge in [-0.1, -0.05) is 24.4 Å². The van der Waals surface area contributed by atoms with Crippen LogP contribution in [-0.2, 0) is 11.3 Å². The van der Waals surface area contributed by atoms with Crippen LogP contribution in [0.2, 0.25) is 5.15 Å². The van der Waals surface area contributed by atoms with E-state index in [1.807, 2.05) is 13.0 Å². The van der Waals surface area contributed by atoms with Gasteiger partial charge in [0, 0.05) is 41.9 Å². The van der Waals surface area contributed by atoms with Crippen molar-refractivity contribution < 1.29 is 8.76 Å². The van der Waals surface area contributed by atoms with Gasteiger partial charge in [-0.2, -0.15) is 9.51 Å². The molecule has 152 valence electrons. The first-order valence-corrected chi connectivity index (χ1v) is 11.3. The number of hydrogen-bond acceptors (Lipinski definition) is 6. The summed E-state index contributed by atoms with van der Waals surface area (Å²) < 4.78 is 26.7. The number of halogens is 1. The van der Waals surface area contributed by atoms with Gasteiger partial charge < -0.3 is 9.45 Å². The molecule has 2 aliphatic carbocycles. The minimum atomic E-state index is -2.23. The quantitative estimate of drug-likeness (QED) is 0.585. The van der Waals surface area contributed by atoms with Crippen LogP contribution in [0.4, 0.5) is 5.82 Å². The third-order valence-electron chi connectivity index (χ3n) is 6.53. The van der Waals surface area contributed by atoms with Gasteiger partial charge in [0.25, 0.3) is 0 Å². The summed E-state index contributed by atoms with van der Waals surface area (Å²) in [6, 6.07) is 2.25. The number of hydrazine groups is 1. The molecule has 0 bridgehead atoms. The van der Waals surface area contributed by atoms with Gasteiger partial charge in [-0.3, -0.25) is 4.21 Å². The third kappa shape index (κ3) is 3.04. The van der Waals surface area contributed by atoms with E-state index in [-0.39, 0.29) is 11.5 Å². The molecule has 1 unspecified atom stereocenters. The standard InChI is InChI=1S/C18H25ClN6O2S/c1-12-6-15(19)24-16(12)17(20-11-21-24)23-9-18(10-23)7-14(8-18)25(28(26)27)22-13-4-2-3-5-13/h6,11,13-14,22H,2-5,7-10H2,1H3,(H,26,27)/p-1. The lowest BCUT2D eigenvalue weighted by Gasteiger charge is -2.61. The molecule has 0 radical (unpaired) electrons. The van der Waals surface area contributed by atoms with Crippen molar-refractivity contribution in [1.29, 1.82) is 0 Å². The molecule has 1 spiro atoms. The van der Waals surface area contributed by atoms with E-state index in [0.717, 1.165) is 55.7 Å². The molecule has 3 heterocycles. The number of aromatic nitrogens is 3. The van der Waals surface area contributed by atoms with Crippen LogP contribution in [0, 0.1) is 12.3 Å². The van der Waals surface area contributed by atoms with E-state index in [0.29, 0.717) is 11.2 Å². The van der Waals surface area contributed by atoms with Crippen molar-refractivity contribution in [2.75, 3.05) is 18.0 Å². The molecule has 28 heavy (non-hydrogen) atoms. The minimum Gasteiger partial charge on any atom is -0.759 e. The van der Waals surface area contributed by atoms with Crippen molar-refractivity contribution >= 4 is 34.2 Å². The number of anilines is 1. The second-order valence-electron chi connectivity index (χ2n) is 8.57. The van der Waals surface area contributed by atoms with Gasteiger partial charge in [-0.25, -0.2) is 14.9 Å². The Hall–Kier alpha value is -1.26. The van der Waals surface area contributed by atoms with Gasteiger partial charge in [-0.15, -0.1) is 0 Å². The summed E-state index contributed by atoms with van der Waals surface area (Å²) in [6.07, 6.45) is 7.79. The largest absolute Gasteiger partial charge is 0.759 e. The molecule has 1 aliphatic heterocycles. The fraction of sp³-hybridized carbons (Fsp3) is 0.667. The molecule has 0 aromatic carbocycles. The summed E-state index contributed by atoms with van der Waals surface area (Å²) in [5, 5.41) is 4.83. The number of aryl methyl sites for hydroxylation is 1. The molecule has 2 aromatic rings. The maximum absolute atomic E-state index is 11.7. The molecule has 2 saturated carbocycles. The molecule has 3 fully saturated rings. The van der Waals surface area contributed by atoms with Gasteiger partial charge in [0.15, 0.2) is 5.82 Å². The summed E-state index contributed by atoms with van der Waals surface area (Å²) in [7, 11) is 0. The van der Waals surface area contributed by atoms with E-state index in [9.17, 15) is 8.76 Å². The van der Waals surface area contributed by atoms with Crippen LogP contribution in [-0.4, -0.2) is 52.9 Å². The molecule has 3 aliphatic rings. The van der Waals surface area contributed by atoms with Crippen LogP contribution in [0.1, 0.15) is 44.1 Å². The Morgan fingerprint density at radius 2 is 2.07 bits per heavy atom. The summed E-state index contributed by atoms with van der Waals surface area (Å²) in [6.45, 7) is 3.79. The first kappa shape index (κ1) is 18.7. The highest BCUT2D eigenvalue weighted by Gasteiger charge is 2.55. The highest BCUT2D eigenvalue weighted by Crippen LogP contribution is 2.51. The van der Waals surface area contributed by atoms with Crippen LogP contribution in [0.25, 0.3) is 5.52 Å². The molecule has 1 saturated heterocycles. The zero-order chi connectivity index (χ0) is 19.5. The van der Waals surface area contributed by atoms with Crippen LogP contribution >= 0.6 is 11.6 Å². The van der Waals surface area contributed by atoms with Crippen molar-refractivity contribution in [3.8, 4) is 0 Å². The zero-order valence-electron chi connectivity index (χ0n) is 15.8. The van der Waals surface area contributed by atoms with Crippen LogP contribution < -0.4 is 10.3 Å². The fourth-order valence-electron chi connectivity index (χ4n) is 5.17. The van der Waals surface area contributed by atoms with Crippen molar-refractivity contribution in [2.45, 2.75) is 57.5 Å². The Bertz CT molecular complexity index is 916. The second-order valence-corrected chi connectivity index (χ2v) is 9.78.